The number of hydrogen-bond donors (Lipinski definition) is 1. The molecule has 0 spiro atoms. The summed E-state index contributed by atoms with van der Waals surface area (Å²) in [6, 6.07) is 3.91. The normalized spacial score (nSPS) is 20.8. The maximum atomic E-state index is 15.3. The zero-order valence-electron chi connectivity index (χ0n) is 19.8. The molecule has 3 heterocycles. The predicted molar refractivity (Wildman–Crippen MR) is 133 cm³/mol. The molecular weight excluding hydrogens is 494 g/mol. The Labute approximate surface area is 212 Å². The van der Waals surface area contributed by atoms with Crippen LogP contribution in [-0.2, 0) is 4.74 Å². The third-order valence-electron chi connectivity index (χ3n) is 6.16. The number of nitrogens with one attached hydrogen (secondary N) is 1. The summed E-state index contributed by atoms with van der Waals surface area (Å²) in [5, 5.41) is 9.18. The molecule has 8 nitrogen and oxygen atoms in total. The Hall–Kier alpha value is -2.65. The fourth-order valence-electron chi connectivity index (χ4n) is 4.28. The Bertz CT molecular complexity index is 1270. The number of amides is 1. The lowest BCUT2D eigenvalue weighted by Crippen LogP contribution is -2.46. The number of carbonyl (C=O) groups excluding carboxylic acids is 1. The largest absolute Gasteiger partial charge is 0.444 e. The van der Waals surface area contributed by atoms with Crippen molar-refractivity contribution in [2.45, 2.75) is 63.8 Å². The minimum absolute atomic E-state index is 0.0476. The summed E-state index contributed by atoms with van der Waals surface area (Å²) in [7, 11) is 0. The van der Waals surface area contributed by atoms with E-state index in [1.807, 2.05) is 0 Å². The summed E-state index contributed by atoms with van der Waals surface area (Å²) in [4.78, 5) is 22.7. The first-order chi connectivity index (χ1) is 16.6. The van der Waals surface area contributed by atoms with Gasteiger partial charge in [-0.1, -0.05) is 23.2 Å². The van der Waals surface area contributed by atoms with Gasteiger partial charge in [0.1, 0.15) is 11.8 Å². The number of likely N-dealkylation sites (tertiary alicyclic amines) is 1. The highest BCUT2D eigenvalue weighted by Crippen LogP contribution is 2.40. The highest BCUT2D eigenvalue weighted by atomic mass is 35.5. The molecule has 2 aliphatic rings. The smallest absolute Gasteiger partial charge is 0.410 e. The van der Waals surface area contributed by atoms with E-state index in [9.17, 15) is 4.79 Å². The van der Waals surface area contributed by atoms with Gasteiger partial charge in [-0.3, -0.25) is 0 Å². The van der Waals surface area contributed by atoms with E-state index in [-0.39, 0.29) is 6.54 Å². The lowest BCUT2D eigenvalue weighted by atomic mass is 9.87. The van der Waals surface area contributed by atoms with Crippen molar-refractivity contribution in [3.05, 3.63) is 40.3 Å². The van der Waals surface area contributed by atoms with Gasteiger partial charge in [0.25, 0.3) is 0 Å². The van der Waals surface area contributed by atoms with Crippen molar-refractivity contribution < 1.29 is 13.9 Å². The molecule has 2 atom stereocenters. The number of piperidine rings is 1. The molecule has 2 aromatic heterocycles. The van der Waals surface area contributed by atoms with E-state index >= 15 is 4.39 Å². The average molecular weight is 521 g/mol. The number of hydrogen-bond acceptors (Lipinski definition) is 6. The second-order valence-corrected chi connectivity index (χ2v) is 10.9. The second-order valence-electron chi connectivity index (χ2n) is 10.1. The van der Waals surface area contributed by atoms with Crippen LogP contribution in [0.25, 0.3) is 10.9 Å². The highest BCUT2D eigenvalue weighted by molar-refractivity contribution is 6.32. The van der Waals surface area contributed by atoms with Crippen LogP contribution in [0.3, 0.4) is 0 Å². The summed E-state index contributed by atoms with van der Waals surface area (Å²) < 4.78 is 22.5. The Kier molecular flexibility index (Phi) is 6.25. The number of alkyl halides is 1. The first-order valence-corrected chi connectivity index (χ1v) is 12.4. The van der Waals surface area contributed by atoms with Gasteiger partial charge < -0.3 is 15.0 Å². The van der Waals surface area contributed by atoms with Crippen molar-refractivity contribution in [1.82, 2.24) is 24.6 Å². The predicted octanol–water partition coefficient (Wildman–Crippen LogP) is 6.27. The van der Waals surface area contributed by atoms with Crippen molar-refractivity contribution in [3.63, 3.8) is 0 Å². The molecule has 0 radical (unpaired) electrons. The topological polar surface area (TPSA) is 85.2 Å². The Morgan fingerprint density at radius 3 is 2.66 bits per heavy atom. The summed E-state index contributed by atoms with van der Waals surface area (Å²) in [5.41, 5.74) is 1.30. The second kappa shape index (κ2) is 9.09. The fourth-order valence-corrected chi connectivity index (χ4v) is 4.87. The summed E-state index contributed by atoms with van der Waals surface area (Å²) in [6.45, 7) is 5.70. The number of carbonyl (C=O) groups is 1. The molecule has 1 aromatic carbocycles. The molecular formula is C24H27Cl2FN6O2. The van der Waals surface area contributed by atoms with Gasteiger partial charge in [-0.2, -0.15) is 5.10 Å². The number of ether oxygens (including phenoxy) is 1. The molecule has 0 bridgehead atoms. The summed E-state index contributed by atoms with van der Waals surface area (Å²) in [5.74, 6) is -0.0947. The Morgan fingerprint density at radius 1 is 1.20 bits per heavy atom. The standard InChI is InChI=1S/C24H27Cl2FN6O2/c1-24(2,3)35-23(34)32-7-6-15(18(27)12-32)16-9-19-13(8-17(16)25)10-28-22(30-19)31-20-11-29-33(21(20)26)14-4-5-14/h8-11,14-15,18H,4-7,12H2,1-3H3,(H,28,30,31). The zero-order chi connectivity index (χ0) is 24.9. The van der Waals surface area contributed by atoms with E-state index in [1.165, 1.54) is 4.90 Å². The lowest BCUT2D eigenvalue weighted by molar-refractivity contribution is 0.0111. The summed E-state index contributed by atoms with van der Waals surface area (Å²) in [6.07, 6.45) is 4.11. The molecule has 1 saturated carbocycles. The number of rotatable bonds is 4. The van der Waals surface area contributed by atoms with Gasteiger partial charge in [0, 0.05) is 29.1 Å². The van der Waals surface area contributed by atoms with E-state index < -0.39 is 23.8 Å². The van der Waals surface area contributed by atoms with Gasteiger partial charge in [0.05, 0.1) is 30.0 Å². The molecule has 2 fully saturated rings. The number of halogens is 3. The minimum Gasteiger partial charge on any atom is -0.444 e. The van der Waals surface area contributed by atoms with E-state index in [0.29, 0.717) is 51.9 Å². The van der Waals surface area contributed by atoms with E-state index in [0.717, 1.165) is 18.2 Å². The van der Waals surface area contributed by atoms with E-state index in [1.54, 1.807) is 50.0 Å². The molecule has 1 saturated heterocycles. The number of benzene rings is 1. The van der Waals surface area contributed by atoms with Crippen LogP contribution in [0.2, 0.25) is 10.2 Å². The zero-order valence-corrected chi connectivity index (χ0v) is 21.3. The number of fused-ring (bicyclic) bond motifs is 1. The van der Waals surface area contributed by atoms with Crippen molar-refractivity contribution in [2.24, 2.45) is 0 Å². The Balaban J connectivity index is 1.35. The van der Waals surface area contributed by atoms with Crippen LogP contribution in [-0.4, -0.2) is 55.6 Å². The third-order valence-corrected chi connectivity index (χ3v) is 6.87. The molecule has 2 unspecified atom stereocenters. The number of nitrogens with zero attached hydrogens (tertiary/aromatic N) is 5. The van der Waals surface area contributed by atoms with Crippen molar-refractivity contribution in [3.8, 4) is 0 Å². The van der Waals surface area contributed by atoms with Crippen LogP contribution < -0.4 is 5.32 Å². The SMILES string of the molecule is CC(C)(C)OC(=O)N1CCC(c2cc3nc(Nc4cnn(C5CC5)c4Cl)ncc3cc2Cl)C(F)C1. The first kappa shape index (κ1) is 24.1. The van der Waals surface area contributed by atoms with Crippen LogP contribution in [0.5, 0.6) is 0 Å². The molecule has 1 aliphatic heterocycles. The van der Waals surface area contributed by atoms with Gasteiger partial charge in [-0.25, -0.2) is 23.8 Å². The third kappa shape index (κ3) is 5.16. The molecule has 35 heavy (non-hydrogen) atoms. The highest BCUT2D eigenvalue weighted by Gasteiger charge is 2.35. The van der Waals surface area contributed by atoms with Gasteiger partial charge in [0.2, 0.25) is 5.95 Å². The van der Waals surface area contributed by atoms with Gasteiger partial charge in [0.15, 0.2) is 5.15 Å². The lowest BCUT2D eigenvalue weighted by Gasteiger charge is -2.36. The molecule has 11 heteroatoms. The fraction of sp³-hybridized carbons (Fsp3) is 0.500. The minimum atomic E-state index is -1.28. The van der Waals surface area contributed by atoms with E-state index in [4.69, 9.17) is 27.9 Å². The van der Waals surface area contributed by atoms with Gasteiger partial charge in [-0.05, 0) is 57.7 Å². The molecule has 186 valence electrons. The van der Waals surface area contributed by atoms with Crippen LogP contribution in [0.1, 0.15) is 57.6 Å². The maximum absolute atomic E-state index is 15.3. The number of aromatic nitrogens is 4. The van der Waals surface area contributed by atoms with Crippen molar-refractivity contribution >= 4 is 51.8 Å². The van der Waals surface area contributed by atoms with Crippen molar-refractivity contribution in [2.75, 3.05) is 18.4 Å². The first-order valence-electron chi connectivity index (χ1n) is 11.7. The van der Waals surface area contributed by atoms with Gasteiger partial charge >= 0.3 is 6.09 Å². The molecule has 3 aromatic rings. The maximum Gasteiger partial charge on any atom is 0.410 e. The molecule has 1 aliphatic carbocycles. The number of anilines is 2. The average Bonchev–Trinajstić information content (AvgIpc) is 3.56. The van der Waals surface area contributed by atoms with Crippen LogP contribution in [0.15, 0.2) is 24.5 Å². The van der Waals surface area contributed by atoms with Crippen molar-refractivity contribution in [1.29, 1.82) is 0 Å². The van der Waals surface area contributed by atoms with Crippen LogP contribution in [0, 0.1) is 0 Å². The molecule has 1 amide bonds. The van der Waals surface area contributed by atoms with Crippen LogP contribution >= 0.6 is 23.2 Å². The quantitative estimate of drug-likeness (QED) is 0.436. The monoisotopic (exact) mass is 520 g/mol. The summed E-state index contributed by atoms with van der Waals surface area (Å²) >= 11 is 13.0. The molecule has 1 N–H and O–H groups in total. The van der Waals surface area contributed by atoms with Gasteiger partial charge in [-0.15, -0.1) is 0 Å². The van der Waals surface area contributed by atoms with E-state index in [2.05, 4.69) is 20.4 Å². The Morgan fingerprint density at radius 2 is 1.97 bits per heavy atom. The van der Waals surface area contributed by atoms with Crippen LogP contribution in [0.4, 0.5) is 20.8 Å². The molecule has 5 rings (SSSR count).